The first kappa shape index (κ1) is 20.5. The van der Waals surface area contributed by atoms with Crippen LogP contribution in [0.15, 0.2) is 54.7 Å². The van der Waals surface area contributed by atoms with Crippen LogP contribution in [-0.4, -0.2) is 11.8 Å². The van der Waals surface area contributed by atoms with E-state index in [1.54, 1.807) is 0 Å². The minimum Gasteiger partial charge on any atom is -0.454 e. The number of rotatable bonds is 0. The van der Waals surface area contributed by atoms with E-state index in [0.29, 0.717) is 6.79 Å². The third-order valence-corrected chi connectivity index (χ3v) is 3.39. The Morgan fingerprint density at radius 1 is 0.800 bits per heavy atom. The number of fused-ring (bicyclic) bond motifs is 2. The summed E-state index contributed by atoms with van der Waals surface area (Å²) in [5.41, 5.74) is 3.56. The van der Waals surface area contributed by atoms with Crippen LogP contribution in [0.4, 0.5) is 0 Å². The van der Waals surface area contributed by atoms with Crippen molar-refractivity contribution in [2.45, 2.75) is 41.5 Å². The highest BCUT2D eigenvalue weighted by molar-refractivity contribution is 5.81. The number of aromatic nitrogens is 1. The van der Waals surface area contributed by atoms with Crippen LogP contribution in [0.5, 0.6) is 11.5 Å². The quantitative estimate of drug-likeness (QED) is 0.480. The second kappa shape index (κ2) is 11.1. The Bertz CT molecular complexity index is 764. The lowest BCUT2D eigenvalue weighted by molar-refractivity contribution is 0.174. The molecule has 3 heteroatoms. The van der Waals surface area contributed by atoms with Gasteiger partial charge in [0, 0.05) is 11.6 Å². The molecule has 0 fully saturated rings. The Labute approximate surface area is 151 Å². The fraction of sp³-hybridized carbons (Fsp3) is 0.318. The molecule has 0 amide bonds. The molecule has 0 saturated heterocycles. The molecule has 3 aromatic rings. The number of ether oxygens (including phenoxy) is 2. The molecule has 1 aliphatic rings. The SMILES string of the molecule is CC.CC.Cc1ccc2c(c1)OCO2.Cc1cccc2ncccc12. The van der Waals surface area contributed by atoms with Crippen molar-refractivity contribution in [3.8, 4) is 11.5 Å². The fourth-order valence-electron chi connectivity index (χ4n) is 2.26. The third-order valence-electron chi connectivity index (χ3n) is 3.39. The van der Waals surface area contributed by atoms with Crippen molar-refractivity contribution in [2.24, 2.45) is 0 Å². The van der Waals surface area contributed by atoms with E-state index in [1.165, 1.54) is 16.5 Å². The minimum absolute atomic E-state index is 0.360. The third kappa shape index (κ3) is 5.79. The Hall–Kier alpha value is -2.55. The van der Waals surface area contributed by atoms with Crippen LogP contribution in [0.3, 0.4) is 0 Å². The summed E-state index contributed by atoms with van der Waals surface area (Å²) < 4.78 is 10.3. The first-order valence-corrected chi connectivity index (χ1v) is 8.90. The molecule has 2 heterocycles. The summed E-state index contributed by atoms with van der Waals surface area (Å²) in [5.74, 6) is 1.71. The van der Waals surface area contributed by atoms with Gasteiger partial charge in [-0.25, -0.2) is 0 Å². The van der Waals surface area contributed by atoms with E-state index >= 15 is 0 Å². The molecule has 0 bridgehead atoms. The minimum atomic E-state index is 0.360. The maximum Gasteiger partial charge on any atom is 0.231 e. The Morgan fingerprint density at radius 3 is 2.24 bits per heavy atom. The van der Waals surface area contributed by atoms with Crippen LogP contribution in [0.2, 0.25) is 0 Å². The summed E-state index contributed by atoms with van der Waals surface area (Å²) in [6, 6.07) is 16.1. The van der Waals surface area contributed by atoms with Crippen molar-refractivity contribution in [3.63, 3.8) is 0 Å². The normalized spacial score (nSPS) is 10.5. The molecule has 2 aromatic carbocycles. The van der Waals surface area contributed by atoms with E-state index in [4.69, 9.17) is 9.47 Å². The highest BCUT2D eigenvalue weighted by Gasteiger charge is 2.11. The molecule has 0 saturated carbocycles. The highest BCUT2D eigenvalue weighted by Crippen LogP contribution is 2.31. The first-order chi connectivity index (χ1) is 12.2. The van der Waals surface area contributed by atoms with E-state index in [9.17, 15) is 0 Å². The topological polar surface area (TPSA) is 31.4 Å². The monoisotopic (exact) mass is 339 g/mol. The summed E-state index contributed by atoms with van der Waals surface area (Å²) >= 11 is 0. The van der Waals surface area contributed by atoms with Crippen molar-refractivity contribution in [1.82, 2.24) is 4.98 Å². The van der Waals surface area contributed by atoms with Crippen LogP contribution in [0.1, 0.15) is 38.8 Å². The molecular formula is C22H29NO2. The molecule has 0 N–H and O–H groups in total. The van der Waals surface area contributed by atoms with Gasteiger partial charge in [-0.05, 0) is 49.2 Å². The van der Waals surface area contributed by atoms with Crippen LogP contribution in [0, 0.1) is 13.8 Å². The maximum atomic E-state index is 5.16. The van der Waals surface area contributed by atoms with E-state index in [0.717, 1.165) is 17.0 Å². The van der Waals surface area contributed by atoms with Gasteiger partial charge in [-0.1, -0.05) is 52.0 Å². The van der Waals surface area contributed by atoms with E-state index < -0.39 is 0 Å². The smallest absolute Gasteiger partial charge is 0.231 e. The fourth-order valence-corrected chi connectivity index (χ4v) is 2.26. The van der Waals surface area contributed by atoms with Gasteiger partial charge in [0.05, 0.1) is 5.52 Å². The molecule has 0 aliphatic carbocycles. The van der Waals surface area contributed by atoms with Crippen LogP contribution < -0.4 is 9.47 Å². The summed E-state index contributed by atoms with van der Waals surface area (Å²) in [7, 11) is 0. The molecule has 3 nitrogen and oxygen atoms in total. The number of hydrogen-bond acceptors (Lipinski definition) is 3. The van der Waals surface area contributed by atoms with Gasteiger partial charge in [0.1, 0.15) is 0 Å². The van der Waals surface area contributed by atoms with E-state index in [2.05, 4.69) is 24.0 Å². The average Bonchev–Trinajstić information content (AvgIpc) is 3.14. The standard InChI is InChI=1S/C10H9N.C8H8O2.2C2H6/c1-8-4-2-6-10-9(8)5-3-7-11-10;1-6-2-3-7-8(4-6)10-5-9-7;2*1-2/h2-7H,1H3;2-4H,5H2,1H3;2*1-2H3. The van der Waals surface area contributed by atoms with Crippen LogP contribution in [-0.2, 0) is 0 Å². The largest absolute Gasteiger partial charge is 0.454 e. The summed E-state index contributed by atoms with van der Waals surface area (Å²) in [6.45, 7) is 12.5. The zero-order valence-electron chi connectivity index (χ0n) is 16.2. The zero-order chi connectivity index (χ0) is 18.7. The summed E-state index contributed by atoms with van der Waals surface area (Å²) in [5, 5.41) is 1.25. The molecule has 4 rings (SSSR count). The highest BCUT2D eigenvalue weighted by atomic mass is 16.7. The van der Waals surface area contributed by atoms with Gasteiger partial charge in [-0.15, -0.1) is 0 Å². The van der Waals surface area contributed by atoms with Gasteiger partial charge >= 0.3 is 0 Å². The summed E-state index contributed by atoms with van der Waals surface area (Å²) in [4.78, 5) is 4.24. The van der Waals surface area contributed by atoms with E-state index in [1.807, 2.05) is 77.2 Å². The molecule has 0 unspecified atom stereocenters. The van der Waals surface area contributed by atoms with E-state index in [-0.39, 0.29) is 0 Å². The Kier molecular flexibility index (Phi) is 9.09. The van der Waals surface area contributed by atoms with Gasteiger partial charge in [-0.2, -0.15) is 0 Å². The van der Waals surface area contributed by atoms with Gasteiger partial charge in [0.15, 0.2) is 11.5 Å². The number of hydrogen-bond donors (Lipinski definition) is 0. The second-order valence-corrected chi connectivity index (χ2v) is 5.00. The molecule has 0 radical (unpaired) electrons. The number of benzene rings is 2. The number of pyridine rings is 1. The molecular weight excluding hydrogens is 310 g/mol. The Morgan fingerprint density at radius 2 is 1.52 bits per heavy atom. The van der Waals surface area contributed by atoms with Gasteiger partial charge in [0.25, 0.3) is 0 Å². The van der Waals surface area contributed by atoms with Gasteiger partial charge in [0.2, 0.25) is 6.79 Å². The first-order valence-electron chi connectivity index (χ1n) is 8.90. The molecule has 0 spiro atoms. The number of nitrogens with zero attached hydrogens (tertiary/aromatic N) is 1. The van der Waals surface area contributed by atoms with Crippen molar-refractivity contribution in [3.05, 3.63) is 65.9 Å². The molecule has 134 valence electrons. The second-order valence-electron chi connectivity index (χ2n) is 5.00. The lowest BCUT2D eigenvalue weighted by Crippen LogP contribution is -1.92. The zero-order valence-corrected chi connectivity index (χ0v) is 16.2. The Balaban J connectivity index is 0.000000210. The summed E-state index contributed by atoms with van der Waals surface area (Å²) in [6.07, 6.45) is 1.82. The lowest BCUT2D eigenvalue weighted by atomic mass is 10.1. The maximum absolute atomic E-state index is 5.16. The van der Waals surface area contributed by atoms with Crippen molar-refractivity contribution in [1.29, 1.82) is 0 Å². The van der Waals surface area contributed by atoms with Crippen LogP contribution in [0.25, 0.3) is 10.9 Å². The van der Waals surface area contributed by atoms with Gasteiger partial charge < -0.3 is 9.47 Å². The molecule has 25 heavy (non-hydrogen) atoms. The predicted octanol–water partition coefficient (Wildman–Crippen LogP) is 6.32. The van der Waals surface area contributed by atoms with Crippen molar-refractivity contribution < 1.29 is 9.47 Å². The number of aryl methyl sites for hydroxylation is 2. The van der Waals surface area contributed by atoms with Crippen molar-refractivity contribution >= 4 is 10.9 Å². The predicted molar refractivity (Wildman–Crippen MR) is 106 cm³/mol. The molecule has 1 aromatic heterocycles. The van der Waals surface area contributed by atoms with Crippen molar-refractivity contribution in [2.75, 3.05) is 6.79 Å². The van der Waals surface area contributed by atoms with Gasteiger partial charge in [-0.3, -0.25) is 4.98 Å². The lowest BCUT2D eigenvalue weighted by Gasteiger charge is -1.97. The molecule has 0 atom stereocenters. The average molecular weight is 339 g/mol. The van der Waals surface area contributed by atoms with Crippen LogP contribution >= 0.6 is 0 Å². The molecule has 1 aliphatic heterocycles.